The minimum atomic E-state index is -0.168. The highest BCUT2D eigenvalue weighted by Crippen LogP contribution is 2.27. The normalized spacial score (nSPS) is 20.4. The van der Waals surface area contributed by atoms with Crippen LogP contribution in [0.15, 0.2) is 48.5 Å². The van der Waals surface area contributed by atoms with Gasteiger partial charge >= 0.3 is 0 Å². The van der Waals surface area contributed by atoms with Crippen LogP contribution in [0.1, 0.15) is 22.7 Å². The maximum Gasteiger partial charge on any atom is 0.226 e. The summed E-state index contributed by atoms with van der Waals surface area (Å²) in [5, 5.41) is 3.70. The van der Waals surface area contributed by atoms with Gasteiger partial charge in [0.25, 0.3) is 0 Å². The van der Waals surface area contributed by atoms with Crippen molar-refractivity contribution in [2.45, 2.75) is 19.5 Å². The molecule has 3 N–H and O–H groups in total. The summed E-state index contributed by atoms with van der Waals surface area (Å²) in [6, 6.07) is 15.7. The van der Waals surface area contributed by atoms with Crippen molar-refractivity contribution in [1.82, 2.24) is 16.2 Å². The first-order valence-electron chi connectivity index (χ1n) is 7.70. The van der Waals surface area contributed by atoms with Crippen LogP contribution < -0.4 is 16.2 Å². The summed E-state index contributed by atoms with van der Waals surface area (Å²) in [4.78, 5) is 12.5. The molecule has 1 aliphatic heterocycles. The molecule has 0 radical (unpaired) electrons. The molecule has 0 aliphatic carbocycles. The van der Waals surface area contributed by atoms with Crippen LogP contribution in [-0.2, 0) is 11.3 Å². The predicted octanol–water partition coefficient (Wildman–Crippen LogP) is 2.73. The number of rotatable bonds is 4. The standard InChI is InChI=1S/C18H20ClN3O/c1-12-5-7-13(8-6-12)10-20-18(23)16-11-21-22-17(16)14-3-2-4-15(19)9-14/h2-9,16-17,21-22H,10-11H2,1H3,(H,20,23). The Labute approximate surface area is 141 Å². The number of nitrogens with one attached hydrogen (secondary N) is 3. The van der Waals surface area contributed by atoms with Crippen molar-refractivity contribution in [2.24, 2.45) is 5.92 Å². The monoisotopic (exact) mass is 329 g/mol. The highest BCUT2D eigenvalue weighted by molar-refractivity contribution is 6.30. The molecule has 1 amide bonds. The van der Waals surface area contributed by atoms with Gasteiger partial charge in [-0.05, 0) is 30.2 Å². The van der Waals surface area contributed by atoms with E-state index in [0.717, 1.165) is 11.1 Å². The van der Waals surface area contributed by atoms with Crippen LogP contribution in [0.4, 0.5) is 0 Å². The molecule has 2 aromatic rings. The third kappa shape index (κ3) is 3.91. The van der Waals surface area contributed by atoms with Crippen molar-refractivity contribution in [3.8, 4) is 0 Å². The molecule has 0 bridgehead atoms. The van der Waals surface area contributed by atoms with Crippen LogP contribution in [0.25, 0.3) is 0 Å². The molecule has 1 heterocycles. The lowest BCUT2D eigenvalue weighted by atomic mass is 9.94. The van der Waals surface area contributed by atoms with Gasteiger partial charge in [0.2, 0.25) is 5.91 Å². The average Bonchev–Trinajstić information content (AvgIpc) is 3.04. The first-order chi connectivity index (χ1) is 11.1. The van der Waals surface area contributed by atoms with Crippen LogP contribution in [-0.4, -0.2) is 12.5 Å². The second-order valence-electron chi connectivity index (χ2n) is 5.87. The molecule has 2 unspecified atom stereocenters. The van der Waals surface area contributed by atoms with Crippen LogP contribution in [0.5, 0.6) is 0 Å². The van der Waals surface area contributed by atoms with Gasteiger partial charge in [-0.25, -0.2) is 5.43 Å². The van der Waals surface area contributed by atoms with Gasteiger partial charge in [-0.3, -0.25) is 10.2 Å². The fourth-order valence-electron chi connectivity index (χ4n) is 2.78. The first-order valence-corrected chi connectivity index (χ1v) is 8.08. The van der Waals surface area contributed by atoms with Gasteiger partial charge in [-0.1, -0.05) is 53.6 Å². The zero-order valence-electron chi connectivity index (χ0n) is 13.0. The van der Waals surface area contributed by atoms with E-state index >= 15 is 0 Å². The first kappa shape index (κ1) is 16.0. The highest BCUT2D eigenvalue weighted by atomic mass is 35.5. The molecule has 120 valence electrons. The summed E-state index contributed by atoms with van der Waals surface area (Å²) in [5.74, 6) is -0.132. The van der Waals surface area contributed by atoms with E-state index in [-0.39, 0.29) is 17.9 Å². The summed E-state index contributed by atoms with van der Waals surface area (Å²) >= 11 is 6.06. The van der Waals surface area contributed by atoms with Gasteiger partial charge in [0.05, 0.1) is 12.0 Å². The molecule has 1 saturated heterocycles. The van der Waals surface area contributed by atoms with Crippen molar-refractivity contribution in [3.05, 3.63) is 70.2 Å². The number of hydrogen-bond donors (Lipinski definition) is 3. The van der Waals surface area contributed by atoms with Crippen LogP contribution in [0, 0.1) is 12.8 Å². The SMILES string of the molecule is Cc1ccc(CNC(=O)C2CNNC2c2cccc(Cl)c2)cc1. The van der Waals surface area contributed by atoms with E-state index in [1.54, 1.807) is 0 Å². The lowest BCUT2D eigenvalue weighted by Crippen LogP contribution is -2.34. The lowest BCUT2D eigenvalue weighted by molar-refractivity contribution is -0.125. The smallest absolute Gasteiger partial charge is 0.226 e. The van der Waals surface area contributed by atoms with Gasteiger partial charge in [0.15, 0.2) is 0 Å². The number of hydrogen-bond acceptors (Lipinski definition) is 3. The lowest BCUT2D eigenvalue weighted by Gasteiger charge is -2.18. The number of carbonyl (C=O) groups excluding carboxylic acids is 1. The van der Waals surface area contributed by atoms with E-state index in [1.807, 2.05) is 43.3 Å². The number of aryl methyl sites for hydroxylation is 1. The molecular formula is C18H20ClN3O. The van der Waals surface area contributed by atoms with Crippen molar-refractivity contribution in [1.29, 1.82) is 0 Å². The number of carbonyl (C=O) groups is 1. The molecule has 23 heavy (non-hydrogen) atoms. The van der Waals surface area contributed by atoms with Crippen LogP contribution >= 0.6 is 11.6 Å². The minimum Gasteiger partial charge on any atom is -0.352 e. The summed E-state index contributed by atoms with van der Waals surface area (Å²) < 4.78 is 0. The van der Waals surface area contributed by atoms with Crippen LogP contribution in [0.3, 0.4) is 0 Å². The van der Waals surface area contributed by atoms with Gasteiger partial charge < -0.3 is 5.32 Å². The fourth-order valence-corrected chi connectivity index (χ4v) is 2.98. The quantitative estimate of drug-likeness (QED) is 0.808. The molecule has 1 aliphatic rings. The van der Waals surface area contributed by atoms with E-state index in [4.69, 9.17) is 11.6 Å². The Morgan fingerprint density at radius 1 is 1.26 bits per heavy atom. The third-order valence-electron chi connectivity index (χ3n) is 4.11. The van der Waals surface area contributed by atoms with Crippen molar-refractivity contribution < 1.29 is 4.79 Å². The second kappa shape index (κ2) is 7.13. The highest BCUT2D eigenvalue weighted by Gasteiger charge is 2.33. The number of benzene rings is 2. The molecule has 3 rings (SSSR count). The maximum atomic E-state index is 12.5. The molecule has 0 aromatic heterocycles. The molecule has 1 fully saturated rings. The Morgan fingerprint density at radius 3 is 2.78 bits per heavy atom. The Morgan fingerprint density at radius 2 is 2.04 bits per heavy atom. The van der Waals surface area contributed by atoms with E-state index in [0.29, 0.717) is 18.1 Å². The van der Waals surface area contributed by atoms with Gasteiger partial charge in [-0.15, -0.1) is 0 Å². The van der Waals surface area contributed by atoms with Gasteiger partial charge in [-0.2, -0.15) is 0 Å². The van der Waals surface area contributed by atoms with E-state index < -0.39 is 0 Å². The molecule has 4 nitrogen and oxygen atoms in total. The zero-order chi connectivity index (χ0) is 16.2. The van der Waals surface area contributed by atoms with Gasteiger partial charge in [0.1, 0.15) is 0 Å². The number of hydrazine groups is 1. The molecule has 2 atom stereocenters. The largest absolute Gasteiger partial charge is 0.352 e. The predicted molar refractivity (Wildman–Crippen MR) is 91.8 cm³/mol. The second-order valence-corrected chi connectivity index (χ2v) is 6.30. The molecule has 5 heteroatoms. The fraction of sp³-hybridized carbons (Fsp3) is 0.278. The topological polar surface area (TPSA) is 53.2 Å². The summed E-state index contributed by atoms with van der Waals surface area (Å²) in [7, 11) is 0. The van der Waals surface area contributed by atoms with Gasteiger partial charge in [0, 0.05) is 18.1 Å². The Bertz CT molecular complexity index is 687. The molecule has 0 saturated carbocycles. The van der Waals surface area contributed by atoms with E-state index in [9.17, 15) is 4.79 Å². The number of halogens is 1. The Hall–Kier alpha value is -1.88. The molecule has 0 spiro atoms. The zero-order valence-corrected chi connectivity index (χ0v) is 13.7. The van der Waals surface area contributed by atoms with E-state index in [2.05, 4.69) is 28.3 Å². The van der Waals surface area contributed by atoms with Crippen LogP contribution in [0.2, 0.25) is 5.02 Å². The summed E-state index contributed by atoms with van der Waals surface area (Å²) in [6.45, 7) is 3.18. The Balaban J connectivity index is 1.65. The third-order valence-corrected chi connectivity index (χ3v) is 4.35. The minimum absolute atomic E-state index is 0.0352. The Kier molecular flexibility index (Phi) is 4.96. The maximum absolute atomic E-state index is 12.5. The number of amides is 1. The summed E-state index contributed by atoms with van der Waals surface area (Å²) in [5.41, 5.74) is 9.56. The molecule has 2 aromatic carbocycles. The summed E-state index contributed by atoms with van der Waals surface area (Å²) in [6.07, 6.45) is 0. The average molecular weight is 330 g/mol. The van der Waals surface area contributed by atoms with E-state index in [1.165, 1.54) is 5.56 Å². The van der Waals surface area contributed by atoms with Crippen molar-refractivity contribution >= 4 is 17.5 Å². The van der Waals surface area contributed by atoms with Crippen molar-refractivity contribution in [3.63, 3.8) is 0 Å². The molecular weight excluding hydrogens is 310 g/mol. The van der Waals surface area contributed by atoms with Crippen molar-refractivity contribution in [2.75, 3.05) is 6.54 Å².